The van der Waals surface area contributed by atoms with Gasteiger partial charge in [-0.05, 0) is 23.6 Å². The van der Waals surface area contributed by atoms with Crippen LogP contribution in [0.15, 0.2) is 72.1 Å². The van der Waals surface area contributed by atoms with Crippen molar-refractivity contribution >= 4 is 15.8 Å². The van der Waals surface area contributed by atoms with Crippen LogP contribution in [0.3, 0.4) is 0 Å². The van der Waals surface area contributed by atoms with Gasteiger partial charge in [0.1, 0.15) is 0 Å². The summed E-state index contributed by atoms with van der Waals surface area (Å²) in [6, 6.07) is 17.0. The van der Waals surface area contributed by atoms with Gasteiger partial charge < -0.3 is 14.9 Å². The van der Waals surface area contributed by atoms with Crippen molar-refractivity contribution in [2.45, 2.75) is 23.2 Å². The Labute approximate surface area is 169 Å². The molecule has 8 nitrogen and oxygen atoms in total. The lowest BCUT2D eigenvalue weighted by atomic mass is 9.97. The van der Waals surface area contributed by atoms with Gasteiger partial charge in [0.25, 0.3) is 0 Å². The predicted molar refractivity (Wildman–Crippen MR) is 108 cm³/mol. The van der Waals surface area contributed by atoms with Gasteiger partial charge in [-0.3, -0.25) is 4.79 Å². The number of nitrogens with zero attached hydrogens (tertiary/aromatic N) is 2. The molecule has 0 bridgehead atoms. The summed E-state index contributed by atoms with van der Waals surface area (Å²) in [6.07, 6.45) is 2.65. The average molecular weight is 417 g/mol. The highest BCUT2D eigenvalue weighted by atomic mass is 32.2. The maximum absolute atomic E-state index is 13.0. The lowest BCUT2D eigenvalue weighted by Crippen LogP contribution is -2.46. The minimum absolute atomic E-state index is 0.160. The van der Waals surface area contributed by atoms with Gasteiger partial charge in [0.05, 0.1) is 0 Å². The van der Waals surface area contributed by atoms with Crippen LogP contribution in [-0.4, -0.2) is 39.0 Å². The van der Waals surface area contributed by atoms with E-state index in [2.05, 4.69) is 10.9 Å². The molecule has 2 aromatic carbocycles. The van der Waals surface area contributed by atoms with Crippen molar-refractivity contribution in [3.63, 3.8) is 0 Å². The third-order valence-corrected chi connectivity index (χ3v) is 7.04. The van der Waals surface area contributed by atoms with Crippen molar-refractivity contribution in [1.82, 2.24) is 9.55 Å². The maximum atomic E-state index is 13.0. The fourth-order valence-corrected chi connectivity index (χ4v) is 4.56. The highest BCUT2D eigenvalue weighted by Crippen LogP contribution is 2.30. The van der Waals surface area contributed by atoms with Gasteiger partial charge >= 0.3 is 5.97 Å². The topological polar surface area (TPSA) is 136 Å². The van der Waals surface area contributed by atoms with E-state index in [-0.39, 0.29) is 11.6 Å². The van der Waals surface area contributed by atoms with E-state index in [1.165, 1.54) is 30.9 Å². The van der Waals surface area contributed by atoms with Crippen LogP contribution >= 0.6 is 0 Å². The Balaban J connectivity index is 0.00000145. The molecule has 0 aliphatic heterocycles. The summed E-state index contributed by atoms with van der Waals surface area (Å²) >= 11 is 0. The first-order chi connectivity index (χ1) is 13.8. The Morgan fingerprint density at radius 1 is 1.07 bits per heavy atom. The molecule has 154 valence electrons. The Bertz CT molecular complexity index is 1060. The predicted octanol–water partition coefficient (Wildman–Crippen LogP) is 2.28. The smallest absolute Gasteiger partial charge is 0.325 e. The summed E-state index contributed by atoms with van der Waals surface area (Å²) in [6.45, 7) is 1.23. The molecular formula is C20H23N3O5S. The summed E-state index contributed by atoms with van der Waals surface area (Å²) in [5.74, 6) is 2.10. The molecule has 0 amide bonds. The monoisotopic (exact) mass is 417 g/mol. The van der Waals surface area contributed by atoms with Crippen LogP contribution in [0.1, 0.15) is 12.5 Å². The van der Waals surface area contributed by atoms with Crippen molar-refractivity contribution in [2.75, 3.05) is 0 Å². The molecule has 29 heavy (non-hydrogen) atoms. The number of benzene rings is 2. The molecule has 1 unspecified atom stereocenters. The van der Waals surface area contributed by atoms with Crippen LogP contribution in [0.4, 0.5) is 0 Å². The Morgan fingerprint density at radius 3 is 2.10 bits per heavy atom. The van der Waals surface area contributed by atoms with Gasteiger partial charge in [-0.15, -0.1) is 0 Å². The van der Waals surface area contributed by atoms with Crippen molar-refractivity contribution in [3.8, 4) is 11.1 Å². The van der Waals surface area contributed by atoms with Crippen molar-refractivity contribution < 1.29 is 23.5 Å². The quantitative estimate of drug-likeness (QED) is 0.524. The first-order valence-corrected chi connectivity index (χ1v) is 10.1. The minimum Gasteiger partial charge on any atom is -0.480 e. The van der Waals surface area contributed by atoms with Crippen LogP contribution in [0.25, 0.3) is 11.1 Å². The van der Waals surface area contributed by atoms with Gasteiger partial charge in [-0.1, -0.05) is 54.6 Å². The zero-order valence-corrected chi connectivity index (χ0v) is 16.9. The third kappa shape index (κ3) is 4.37. The standard InChI is InChI=1S/C20H20N2O4S.H3NO/c1-20(18(23)24,27(25,26)19-21-12-13-22(19)2)14-15-8-10-17(11-9-15)16-6-4-3-5-7-16;1-2/h3-13H,14H2,1-2H3,(H,23,24);2H,1H2. The number of carbonyl (C=O) groups is 1. The molecule has 0 saturated heterocycles. The number of carboxylic acid groups (broad SMARTS) is 1. The second-order valence-corrected chi connectivity index (χ2v) is 8.87. The molecule has 0 spiro atoms. The summed E-state index contributed by atoms with van der Waals surface area (Å²) in [7, 11) is -2.67. The minimum atomic E-state index is -4.20. The fourth-order valence-electron chi connectivity index (χ4n) is 2.93. The molecule has 0 radical (unpaired) electrons. The van der Waals surface area contributed by atoms with E-state index in [0.717, 1.165) is 11.1 Å². The highest BCUT2D eigenvalue weighted by molar-refractivity contribution is 7.93. The first kappa shape index (κ1) is 22.3. The number of imidazole rings is 1. The summed E-state index contributed by atoms with van der Waals surface area (Å²) in [5.41, 5.74) is 2.63. The van der Waals surface area contributed by atoms with Crippen LogP contribution in [0, 0.1) is 0 Å². The van der Waals surface area contributed by atoms with Crippen molar-refractivity contribution in [1.29, 1.82) is 0 Å². The number of sulfone groups is 1. The first-order valence-electron chi connectivity index (χ1n) is 8.61. The van der Waals surface area contributed by atoms with E-state index < -0.39 is 20.6 Å². The van der Waals surface area contributed by atoms with Gasteiger partial charge in [-0.2, -0.15) is 0 Å². The molecule has 1 heterocycles. The number of aromatic nitrogens is 2. The van der Waals surface area contributed by atoms with Crippen molar-refractivity contribution in [3.05, 3.63) is 72.6 Å². The average Bonchev–Trinajstić information content (AvgIpc) is 3.17. The third-order valence-electron chi connectivity index (χ3n) is 4.67. The largest absolute Gasteiger partial charge is 0.480 e. The molecular weight excluding hydrogens is 394 g/mol. The number of aryl methyl sites for hydroxylation is 1. The molecule has 0 saturated carbocycles. The zero-order chi connectivity index (χ0) is 21.7. The molecule has 4 N–H and O–H groups in total. The van der Waals surface area contributed by atoms with E-state index in [4.69, 9.17) is 5.21 Å². The Kier molecular flexibility index (Phi) is 6.91. The van der Waals surface area contributed by atoms with E-state index >= 15 is 0 Å². The fraction of sp³-hybridized carbons (Fsp3) is 0.200. The molecule has 0 aliphatic rings. The Hall–Kier alpha value is -3.01. The summed E-state index contributed by atoms with van der Waals surface area (Å²) in [4.78, 5) is 15.8. The molecule has 3 rings (SSSR count). The van der Waals surface area contributed by atoms with E-state index in [0.29, 0.717) is 5.56 Å². The number of aliphatic carboxylic acids is 1. The zero-order valence-electron chi connectivity index (χ0n) is 16.1. The molecule has 1 aromatic heterocycles. The molecule has 3 aromatic rings. The number of hydrogen-bond acceptors (Lipinski definition) is 6. The van der Waals surface area contributed by atoms with Crippen molar-refractivity contribution in [2.24, 2.45) is 12.9 Å². The highest BCUT2D eigenvalue weighted by Gasteiger charge is 2.49. The van der Waals surface area contributed by atoms with Crippen LogP contribution in [-0.2, 0) is 28.1 Å². The van der Waals surface area contributed by atoms with Crippen LogP contribution < -0.4 is 5.90 Å². The number of nitrogens with two attached hydrogens (primary N) is 1. The lowest BCUT2D eigenvalue weighted by Gasteiger charge is -2.24. The molecule has 1 atom stereocenters. The molecule has 9 heteroatoms. The normalized spacial score (nSPS) is 13.1. The lowest BCUT2D eigenvalue weighted by molar-refractivity contribution is -0.139. The van der Waals surface area contributed by atoms with Gasteiger partial charge in [0.15, 0.2) is 4.75 Å². The van der Waals surface area contributed by atoms with E-state index in [1.807, 2.05) is 42.5 Å². The van der Waals surface area contributed by atoms with E-state index in [1.54, 1.807) is 12.1 Å². The second-order valence-electron chi connectivity index (χ2n) is 6.60. The number of rotatable bonds is 6. The number of hydrogen-bond donors (Lipinski definition) is 3. The SMILES string of the molecule is Cn1ccnc1S(=O)(=O)C(C)(Cc1ccc(-c2ccccc2)cc1)C(=O)O.NO. The van der Waals surface area contributed by atoms with Crippen LogP contribution in [0.5, 0.6) is 0 Å². The van der Waals surface area contributed by atoms with Crippen LogP contribution in [0.2, 0.25) is 0 Å². The van der Waals surface area contributed by atoms with Gasteiger partial charge in [0, 0.05) is 25.9 Å². The molecule has 0 fully saturated rings. The van der Waals surface area contributed by atoms with E-state index in [9.17, 15) is 18.3 Å². The summed E-state index contributed by atoms with van der Waals surface area (Å²) < 4.78 is 25.3. The maximum Gasteiger partial charge on any atom is 0.325 e. The second kappa shape index (κ2) is 8.99. The van der Waals surface area contributed by atoms with Gasteiger partial charge in [0.2, 0.25) is 15.0 Å². The Morgan fingerprint density at radius 2 is 1.62 bits per heavy atom. The number of carboxylic acids is 1. The summed E-state index contributed by atoms with van der Waals surface area (Å²) in [5, 5.41) is 16.0. The molecule has 0 aliphatic carbocycles. The van der Waals surface area contributed by atoms with Gasteiger partial charge in [-0.25, -0.2) is 19.3 Å².